The van der Waals surface area contributed by atoms with Crippen molar-refractivity contribution >= 4 is 51.9 Å². The number of thioether (sulfide) groups is 1. The summed E-state index contributed by atoms with van der Waals surface area (Å²) in [6, 6.07) is 2.43. The number of ether oxygens (including phenoxy) is 1. The Morgan fingerprint density at radius 1 is 1.52 bits per heavy atom. The molecule has 1 amide bonds. The third-order valence-corrected chi connectivity index (χ3v) is 4.42. The van der Waals surface area contributed by atoms with Gasteiger partial charge in [0.1, 0.15) is 10.9 Å². The fourth-order valence-electron chi connectivity index (χ4n) is 2.02. The Balaban J connectivity index is 2.43. The van der Waals surface area contributed by atoms with Crippen molar-refractivity contribution < 1.29 is 29.5 Å². The summed E-state index contributed by atoms with van der Waals surface area (Å²) in [6.07, 6.45) is 1.33. The maximum atomic E-state index is 12.2. The molecule has 0 aliphatic carbocycles. The van der Waals surface area contributed by atoms with E-state index in [1.54, 1.807) is 6.92 Å². The minimum Gasteiger partial charge on any atom is -0.500 e. The first-order chi connectivity index (χ1) is 11.7. The monoisotopic (exact) mass is 384 g/mol. The van der Waals surface area contributed by atoms with Crippen LogP contribution in [0.4, 0.5) is 5.69 Å². The van der Waals surface area contributed by atoms with Crippen LogP contribution in [0.5, 0.6) is 11.5 Å². The molecule has 0 atom stereocenters. The van der Waals surface area contributed by atoms with Crippen molar-refractivity contribution in [2.45, 2.75) is 6.92 Å². The molecule has 0 saturated carbocycles. The molecule has 2 N–H and O–H groups in total. The number of benzene rings is 1. The Morgan fingerprint density at radius 3 is 2.76 bits per heavy atom. The lowest BCUT2D eigenvalue weighted by molar-refractivity contribution is -0.386. The lowest BCUT2D eigenvalue weighted by Crippen LogP contribution is -2.33. The standard InChI is InChI=1S/C14H12N2O7S2/c1-2-23-9-4-7(3-8(12(9)19)16(21)22)5-10-13(20)15(6-11(17)18)14(24)25-10/h3-5,19H,2,6H2,1H3,(H,17,18)/b10-5+. The summed E-state index contributed by atoms with van der Waals surface area (Å²) in [5, 5.41) is 29.7. The maximum Gasteiger partial charge on any atom is 0.323 e. The molecular formula is C14H12N2O7S2. The normalized spacial score (nSPS) is 15.7. The quantitative estimate of drug-likeness (QED) is 0.327. The highest BCUT2D eigenvalue weighted by Crippen LogP contribution is 2.39. The molecule has 2 rings (SSSR count). The summed E-state index contributed by atoms with van der Waals surface area (Å²) in [7, 11) is 0. The predicted molar refractivity (Wildman–Crippen MR) is 93.4 cm³/mol. The molecule has 0 unspecified atom stereocenters. The lowest BCUT2D eigenvalue weighted by Gasteiger charge is -2.10. The van der Waals surface area contributed by atoms with Gasteiger partial charge in [0.05, 0.1) is 16.4 Å². The molecule has 1 aromatic carbocycles. The second-order valence-corrected chi connectivity index (χ2v) is 6.41. The van der Waals surface area contributed by atoms with Crippen LogP contribution in [0.2, 0.25) is 0 Å². The first-order valence-electron chi connectivity index (χ1n) is 6.86. The van der Waals surface area contributed by atoms with Crippen LogP contribution in [0.3, 0.4) is 0 Å². The van der Waals surface area contributed by atoms with Gasteiger partial charge in [-0.05, 0) is 24.6 Å². The number of carboxylic acid groups (broad SMARTS) is 1. The maximum absolute atomic E-state index is 12.2. The number of nitro benzene ring substituents is 1. The molecule has 9 nitrogen and oxygen atoms in total. The smallest absolute Gasteiger partial charge is 0.323 e. The summed E-state index contributed by atoms with van der Waals surface area (Å²) in [5.41, 5.74) is -0.331. The second-order valence-electron chi connectivity index (χ2n) is 4.74. The molecule has 1 saturated heterocycles. The zero-order valence-corrected chi connectivity index (χ0v) is 14.4. The van der Waals surface area contributed by atoms with Crippen LogP contribution >= 0.6 is 24.0 Å². The average molecular weight is 384 g/mol. The molecule has 1 heterocycles. The molecule has 1 aromatic rings. The van der Waals surface area contributed by atoms with E-state index in [2.05, 4.69) is 0 Å². The number of nitrogens with zero attached hydrogens (tertiary/aromatic N) is 2. The van der Waals surface area contributed by atoms with Crippen LogP contribution in [0.25, 0.3) is 6.08 Å². The van der Waals surface area contributed by atoms with Gasteiger partial charge in [0.25, 0.3) is 5.91 Å². The molecule has 1 aliphatic rings. The fraction of sp³-hybridized carbons (Fsp3) is 0.214. The third-order valence-electron chi connectivity index (χ3n) is 3.04. The van der Waals surface area contributed by atoms with Gasteiger partial charge in [0.2, 0.25) is 5.75 Å². The van der Waals surface area contributed by atoms with Gasteiger partial charge >= 0.3 is 11.7 Å². The van der Waals surface area contributed by atoms with E-state index in [4.69, 9.17) is 22.1 Å². The summed E-state index contributed by atoms with van der Waals surface area (Å²) >= 11 is 5.86. The van der Waals surface area contributed by atoms with Gasteiger partial charge in [0, 0.05) is 6.07 Å². The number of rotatable bonds is 6. The molecular weight excluding hydrogens is 372 g/mol. The van der Waals surface area contributed by atoms with E-state index in [0.29, 0.717) is 0 Å². The Hall–Kier alpha value is -2.66. The summed E-state index contributed by atoms with van der Waals surface area (Å²) in [4.78, 5) is 34.3. The van der Waals surface area contributed by atoms with E-state index in [-0.39, 0.29) is 27.1 Å². The van der Waals surface area contributed by atoms with Gasteiger partial charge in [-0.1, -0.05) is 24.0 Å². The highest BCUT2D eigenvalue weighted by atomic mass is 32.2. The number of hydrogen-bond acceptors (Lipinski definition) is 8. The molecule has 1 aliphatic heterocycles. The van der Waals surface area contributed by atoms with Crippen molar-refractivity contribution in [2.75, 3.05) is 13.2 Å². The number of aliphatic carboxylic acids is 1. The topological polar surface area (TPSA) is 130 Å². The Morgan fingerprint density at radius 2 is 2.20 bits per heavy atom. The molecule has 25 heavy (non-hydrogen) atoms. The molecule has 11 heteroatoms. The van der Waals surface area contributed by atoms with Gasteiger partial charge < -0.3 is 14.9 Å². The van der Waals surface area contributed by atoms with Crippen molar-refractivity contribution in [3.8, 4) is 11.5 Å². The van der Waals surface area contributed by atoms with Crippen molar-refractivity contribution in [1.29, 1.82) is 0 Å². The van der Waals surface area contributed by atoms with Crippen molar-refractivity contribution in [3.05, 3.63) is 32.7 Å². The number of carbonyl (C=O) groups is 2. The number of carbonyl (C=O) groups excluding carboxylic acids is 1. The second kappa shape index (κ2) is 7.49. The number of thiocarbonyl (C=S) groups is 1. The Kier molecular flexibility index (Phi) is 5.59. The van der Waals surface area contributed by atoms with Gasteiger partial charge in [-0.15, -0.1) is 0 Å². The van der Waals surface area contributed by atoms with Crippen LogP contribution in [0, 0.1) is 10.1 Å². The third kappa shape index (κ3) is 4.06. The number of carboxylic acids is 1. The van der Waals surface area contributed by atoms with Crippen LogP contribution in [-0.4, -0.2) is 49.4 Å². The summed E-state index contributed by atoms with van der Waals surface area (Å²) in [5.74, 6) is -2.52. The number of hydrogen-bond donors (Lipinski definition) is 2. The van der Waals surface area contributed by atoms with Crippen molar-refractivity contribution in [1.82, 2.24) is 4.90 Å². The fourth-order valence-corrected chi connectivity index (χ4v) is 3.28. The first kappa shape index (κ1) is 18.7. The minimum atomic E-state index is -1.21. The van der Waals surface area contributed by atoms with Crippen molar-refractivity contribution in [2.24, 2.45) is 0 Å². The molecule has 132 valence electrons. The molecule has 1 fully saturated rings. The van der Waals surface area contributed by atoms with Crippen LogP contribution < -0.4 is 4.74 Å². The van der Waals surface area contributed by atoms with Crippen LogP contribution in [0.1, 0.15) is 12.5 Å². The molecule has 0 spiro atoms. The van der Waals surface area contributed by atoms with E-state index in [1.807, 2.05) is 0 Å². The molecule has 0 bridgehead atoms. The lowest BCUT2D eigenvalue weighted by atomic mass is 10.1. The Labute approximate surface area is 151 Å². The van der Waals surface area contributed by atoms with Crippen LogP contribution in [0.15, 0.2) is 17.0 Å². The zero-order chi connectivity index (χ0) is 18.7. The number of phenolic OH excluding ortho intramolecular Hbond substituents is 1. The van der Waals surface area contributed by atoms with E-state index >= 15 is 0 Å². The van der Waals surface area contributed by atoms with E-state index in [1.165, 1.54) is 12.1 Å². The molecule has 0 aromatic heterocycles. The van der Waals surface area contributed by atoms with Crippen molar-refractivity contribution in [3.63, 3.8) is 0 Å². The number of phenols is 1. The largest absolute Gasteiger partial charge is 0.500 e. The van der Waals surface area contributed by atoms with Gasteiger partial charge in [-0.3, -0.25) is 24.6 Å². The summed E-state index contributed by atoms with van der Waals surface area (Å²) in [6.45, 7) is 1.26. The van der Waals surface area contributed by atoms with Gasteiger partial charge in [-0.25, -0.2) is 0 Å². The van der Waals surface area contributed by atoms with Gasteiger partial charge in [-0.2, -0.15) is 0 Å². The zero-order valence-electron chi connectivity index (χ0n) is 12.8. The SMILES string of the molecule is CCOc1cc(/C=C2/SC(=S)N(CC(=O)O)C2=O)cc([N+](=O)[O-])c1O. The highest BCUT2D eigenvalue weighted by Gasteiger charge is 2.33. The van der Waals surface area contributed by atoms with Crippen LogP contribution in [-0.2, 0) is 9.59 Å². The number of amides is 1. The van der Waals surface area contributed by atoms with Gasteiger partial charge in [0.15, 0.2) is 5.75 Å². The predicted octanol–water partition coefficient (Wildman–Crippen LogP) is 1.98. The van der Waals surface area contributed by atoms with E-state index in [9.17, 15) is 24.8 Å². The average Bonchev–Trinajstić information content (AvgIpc) is 2.77. The van der Waals surface area contributed by atoms with E-state index in [0.717, 1.165) is 22.7 Å². The first-order valence-corrected chi connectivity index (χ1v) is 8.08. The highest BCUT2D eigenvalue weighted by molar-refractivity contribution is 8.26. The van der Waals surface area contributed by atoms with E-state index < -0.39 is 34.8 Å². The summed E-state index contributed by atoms with van der Waals surface area (Å²) < 4.78 is 5.25. The number of nitro groups is 1. The molecule has 0 radical (unpaired) electrons. The number of aromatic hydroxyl groups is 1. The minimum absolute atomic E-state index is 0.0805. The Bertz CT molecular complexity index is 807.